The Kier molecular flexibility index (Phi) is 8.22. The Morgan fingerprint density at radius 3 is 2.56 bits per heavy atom. The summed E-state index contributed by atoms with van der Waals surface area (Å²) in [6, 6.07) is 14.5. The molecule has 3 N–H and O–H groups in total. The predicted molar refractivity (Wildman–Crippen MR) is 111 cm³/mol. The predicted octanol–water partition coefficient (Wildman–Crippen LogP) is 3.12. The summed E-state index contributed by atoms with van der Waals surface area (Å²) in [6.45, 7) is 2.48. The molecule has 0 spiro atoms. The van der Waals surface area contributed by atoms with Crippen molar-refractivity contribution in [3.8, 4) is 5.75 Å². The van der Waals surface area contributed by atoms with Crippen molar-refractivity contribution >= 4 is 45.1 Å². The minimum atomic E-state index is -0.433. The minimum Gasteiger partial charge on any atom is -0.493 e. The maximum atomic E-state index is 12.5. The van der Waals surface area contributed by atoms with E-state index >= 15 is 0 Å². The third-order valence-electron chi connectivity index (χ3n) is 3.40. The molecule has 6 nitrogen and oxygen atoms in total. The molecule has 0 aliphatic rings. The van der Waals surface area contributed by atoms with Gasteiger partial charge in [0.15, 0.2) is 5.11 Å². The first-order valence-corrected chi connectivity index (χ1v) is 9.56. The van der Waals surface area contributed by atoms with Crippen LogP contribution in [0.1, 0.15) is 29.3 Å². The first-order valence-electron chi connectivity index (χ1n) is 8.36. The lowest BCUT2D eigenvalue weighted by atomic mass is 10.1. The van der Waals surface area contributed by atoms with Crippen molar-refractivity contribution in [1.82, 2.24) is 16.2 Å². The summed E-state index contributed by atoms with van der Waals surface area (Å²) in [6.07, 6.45) is 1.02. The van der Waals surface area contributed by atoms with Crippen molar-refractivity contribution in [3.63, 3.8) is 0 Å². The van der Waals surface area contributed by atoms with Crippen LogP contribution in [-0.2, 0) is 11.2 Å². The summed E-state index contributed by atoms with van der Waals surface area (Å²) in [5, 5.41) is 2.51. The van der Waals surface area contributed by atoms with E-state index in [4.69, 9.17) is 17.0 Å². The van der Waals surface area contributed by atoms with Crippen LogP contribution in [0.4, 0.5) is 0 Å². The van der Waals surface area contributed by atoms with Gasteiger partial charge in [-0.05, 0) is 42.4 Å². The number of nitrogens with one attached hydrogen (secondary N) is 3. The van der Waals surface area contributed by atoms with Crippen LogP contribution in [-0.4, -0.2) is 23.5 Å². The number of hydrogen-bond acceptors (Lipinski definition) is 4. The monoisotopic (exact) mass is 449 g/mol. The van der Waals surface area contributed by atoms with Gasteiger partial charge < -0.3 is 4.74 Å². The molecular weight excluding hydrogens is 430 g/mol. The van der Waals surface area contributed by atoms with Gasteiger partial charge >= 0.3 is 0 Å². The standard InChI is InChI=1S/C19H20BrN3O3S/c1-2-10-26-16-9-8-14(20)12-15(16)18(25)21-19(27)23-22-17(24)11-13-6-4-3-5-7-13/h3-9,12H,2,10-11H2,1H3,(H,22,24)(H2,21,23,25,27). The van der Waals surface area contributed by atoms with Crippen LogP contribution >= 0.6 is 28.1 Å². The molecule has 2 aromatic rings. The summed E-state index contributed by atoms with van der Waals surface area (Å²) in [7, 11) is 0. The van der Waals surface area contributed by atoms with Crippen molar-refractivity contribution < 1.29 is 14.3 Å². The second-order valence-corrected chi connectivity index (χ2v) is 6.93. The largest absolute Gasteiger partial charge is 0.493 e. The van der Waals surface area contributed by atoms with E-state index in [2.05, 4.69) is 32.1 Å². The van der Waals surface area contributed by atoms with Gasteiger partial charge in [-0.15, -0.1) is 0 Å². The fourth-order valence-corrected chi connectivity index (χ4v) is 2.68. The molecule has 27 heavy (non-hydrogen) atoms. The zero-order valence-corrected chi connectivity index (χ0v) is 17.2. The van der Waals surface area contributed by atoms with E-state index in [1.807, 2.05) is 37.3 Å². The maximum absolute atomic E-state index is 12.5. The molecule has 0 fully saturated rings. The number of ether oxygens (including phenoxy) is 1. The Labute approximate surface area is 171 Å². The van der Waals surface area contributed by atoms with Crippen LogP contribution in [0.2, 0.25) is 0 Å². The molecular formula is C19H20BrN3O3S. The van der Waals surface area contributed by atoms with Crippen molar-refractivity contribution in [2.24, 2.45) is 0 Å². The molecule has 2 rings (SSSR count). The molecule has 0 saturated heterocycles. The van der Waals surface area contributed by atoms with Gasteiger partial charge in [-0.3, -0.25) is 25.8 Å². The van der Waals surface area contributed by atoms with Crippen molar-refractivity contribution in [2.75, 3.05) is 6.61 Å². The number of rotatable bonds is 6. The molecule has 142 valence electrons. The molecule has 0 atom stereocenters. The number of thiocarbonyl (C=S) groups is 1. The Hall–Kier alpha value is -2.45. The van der Waals surface area contributed by atoms with Crippen LogP contribution in [0.3, 0.4) is 0 Å². The van der Waals surface area contributed by atoms with Gasteiger partial charge in [0, 0.05) is 4.47 Å². The lowest BCUT2D eigenvalue weighted by molar-refractivity contribution is -0.121. The zero-order chi connectivity index (χ0) is 19.6. The number of hydrazine groups is 1. The molecule has 0 saturated carbocycles. The van der Waals surface area contributed by atoms with E-state index in [0.717, 1.165) is 16.5 Å². The van der Waals surface area contributed by atoms with Gasteiger partial charge in [0.2, 0.25) is 5.91 Å². The van der Waals surface area contributed by atoms with Crippen molar-refractivity contribution in [3.05, 3.63) is 64.1 Å². The quantitative estimate of drug-likeness (QED) is 0.466. The molecule has 0 unspecified atom stereocenters. The number of carbonyl (C=O) groups excluding carboxylic acids is 2. The molecule has 0 heterocycles. The molecule has 8 heteroatoms. The number of hydrogen-bond donors (Lipinski definition) is 3. The summed E-state index contributed by atoms with van der Waals surface area (Å²) in [5.74, 6) is -0.238. The molecule has 2 aromatic carbocycles. The second-order valence-electron chi connectivity index (χ2n) is 5.61. The fourth-order valence-electron chi connectivity index (χ4n) is 2.17. The van der Waals surface area contributed by atoms with Gasteiger partial charge in [0.1, 0.15) is 5.75 Å². The van der Waals surface area contributed by atoms with E-state index < -0.39 is 5.91 Å². The third kappa shape index (κ3) is 6.99. The zero-order valence-electron chi connectivity index (χ0n) is 14.8. The SMILES string of the molecule is CCCOc1ccc(Br)cc1C(=O)NC(=S)NNC(=O)Cc1ccccc1. The van der Waals surface area contributed by atoms with Crippen LogP contribution in [0, 0.1) is 0 Å². The molecule has 0 aliphatic carbocycles. The Morgan fingerprint density at radius 2 is 1.85 bits per heavy atom. The minimum absolute atomic E-state index is 0.0113. The number of benzene rings is 2. The van der Waals surface area contributed by atoms with Gasteiger partial charge in [-0.1, -0.05) is 53.2 Å². The third-order valence-corrected chi connectivity index (χ3v) is 4.10. The number of halogens is 1. The molecule has 0 bridgehead atoms. The van der Waals surface area contributed by atoms with Gasteiger partial charge in [0.25, 0.3) is 5.91 Å². The normalized spacial score (nSPS) is 10.0. The smallest absolute Gasteiger partial charge is 0.261 e. The van der Waals surface area contributed by atoms with Crippen LogP contribution in [0.15, 0.2) is 53.0 Å². The van der Waals surface area contributed by atoms with Crippen LogP contribution in [0.5, 0.6) is 5.75 Å². The Morgan fingerprint density at radius 1 is 1.11 bits per heavy atom. The topological polar surface area (TPSA) is 79.5 Å². The summed E-state index contributed by atoms with van der Waals surface area (Å²) >= 11 is 8.41. The summed E-state index contributed by atoms with van der Waals surface area (Å²) in [5.41, 5.74) is 6.21. The Bertz CT molecular complexity index is 815. The average molecular weight is 450 g/mol. The van der Waals surface area contributed by atoms with Crippen LogP contribution in [0.25, 0.3) is 0 Å². The molecule has 2 amide bonds. The first kappa shape index (κ1) is 20.9. The Balaban J connectivity index is 1.89. The number of amides is 2. The van der Waals surface area contributed by atoms with Crippen LogP contribution < -0.4 is 20.9 Å². The average Bonchev–Trinajstić information content (AvgIpc) is 2.66. The van der Waals surface area contributed by atoms with Gasteiger partial charge in [-0.2, -0.15) is 0 Å². The van der Waals surface area contributed by atoms with E-state index in [1.165, 1.54) is 0 Å². The van der Waals surface area contributed by atoms with E-state index in [0.29, 0.717) is 17.9 Å². The molecule has 0 aliphatic heterocycles. The highest BCUT2D eigenvalue weighted by molar-refractivity contribution is 9.10. The molecule has 0 radical (unpaired) electrons. The van der Waals surface area contributed by atoms with E-state index in [1.54, 1.807) is 18.2 Å². The second kappa shape index (κ2) is 10.6. The van der Waals surface area contributed by atoms with Crippen molar-refractivity contribution in [2.45, 2.75) is 19.8 Å². The van der Waals surface area contributed by atoms with Gasteiger partial charge in [0.05, 0.1) is 18.6 Å². The first-order chi connectivity index (χ1) is 13.0. The maximum Gasteiger partial charge on any atom is 0.261 e. The molecule has 0 aromatic heterocycles. The highest BCUT2D eigenvalue weighted by Gasteiger charge is 2.15. The lowest BCUT2D eigenvalue weighted by Crippen LogP contribution is -2.48. The highest BCUT2D eigenvalue weighted by atomic mass is 79.9. The summed E-state index contributed by atoms with van der Waals surface area (Å²) in [4.78, 5) is 24.4. The van der Waals surface area contributed by atoms with E-state index in [-0.39, 0.29) is 17.4 Å². The highest BCUT2D eigenvalue weighted by Crippen LogP contribution is 2.23. The summed E-state index contributed by atoms with van der Waals surface area (Å²) < 4.78 is 6.34. The fraction of sp³-hybridized carbons (Fsp3) is 0.211. The van der Waals surface area contributed by atoms with E-state index in [9.17, 15) is 9.59 Å². The van der Waals surface area contributed by atoms with Crippen molar-refractivity contribution in [1.29, 1.82) is 0 Å². The lowest BCUT2D eigenvalue weighted by Gasteiger charge is -2.13. The van der Waals surface area contributed by atoms with Gasteiger partial charge in [-0.25, -0.2) is 0 Å². The number of carbonyl (C=O) groups is 2.